The molecule has 0 spiro atoms. The van der Waals surface area contributed by atoms with E-state index in [1.807, 2.05) is 6.92 Å². The van der Waals surface area contributed by atoms with Gasteiger partial charge in [-0.15, -0.1) is 0 Å². The second kappa shape index (κ2) is 11.8. The van der Waals surface area contributed by atoms with Crippen molar-refractivity contribution in [3.8, 4) is 0 Å². The first-order valence-corrected chi connectivity index (χ1v) is 9.51. The van der Waals surface area contributed by atoms with E-state index in [1.54, 1.807) is 41.5 Å². The highest BCUT2D eigenvalue weighted by molar-refractivity contribution is 5.86. The van der Waals surface area contributed by atoms with Gasteiger partial charge in [0.1, 0.15) is 11.2 Å². The Kier molecular flexibility index (Phi) is 11.0. The summed E-state index contributed by atoms with van der Waals surface area (Å²) in [7, 11) is 0. The summed E-state index contributed by atoms with van der Waals surface area (Å²) < 4.78 is 10.4. The van der Waals surface area contributed by atoms with E-state index in [0.717, 1.165) is 12.8 Å². The van der Waals surface area contributed by atoms with Gasteiger partial charge in [0.25, 0.3) is 0 Å². The van der Waals surface area contributed by atoms with Crippen LogP contribution in [0.5, 0.6) is 0 Å². The second-order valence-corrected chi connectivity index (χ2v) is 8.25. The lowest BCUT2D eigenvalue weighted by molar-refractivity contribution is -0.139. The molecule has 0 heterocycles. The summed E-state index contributed by atoms with van der Waals surface area (Å²) in [6, 6.07) is 0. The summed E-state index contributed by atoms with van der Waals surface area (Å²) in [6.45, 7) is 13.0. The number of imide groups is 1. The van der Waals surface area contributed by atoms with Gasteiger partial charge in [0, 0.05) is 13.0 Å². The molecular weight excluding hydrogens is 352 g/mol. The third-order valence-corrected chi connectivity index (χ3v) is 2.96. The molecule has 0 bridgehead atoms. The highest BCUT2D eigenvalue weighted by atomic mass is 16.8. The van der Waals surface area contributed by atoms with Crippen molar-refractivity contribution in [1.29, 1.82) is 0 Å². The van der Waals surface area contributed by atoms with E-state index in [1.165, 1.54) is 0 Å². The monoisotopic (exact) mass is 388 g/mol. The van der Waals surface area contributed by atoms with Gasteiger partial charge in [-0.3, -0.25) is 9.63 Å². The lowest BCUT2D eigenvalue weighted by Crippen LogP contribution is -2.43. The van der Waals surface area contributed by atoms with Crippen LogP contribution in [0.15, 0.2) is 0 Å². The van der Waals surface area contributed by atoms with E-state index in [4.69, 9.17) is 14.3 Å². The maximum atomic E-state index is 12.2. The van der Waals surface area contributed by atoms with E-state index in [-0.39, 0.29) is 12.5 Å². The van der Waals surface area contributed by atoms with Crippen LogP contribution in [-0.2, 0) is 19.1 Å². The standard InChI is InChI=1S/C19H36N2O6/c1-8-13-20-15(22)12-10-9-11-14-25-21(16(23)26-18(2,3)4)17(24)27-19(5,6)7/h8-14H2,1-7H3,(H,20,22). The Hall–Kier alpha value is -1.83. The summed E-state index contributed by atoms with van der Waals surface area (Å²) in [4.78, 5) is 41.3. The van der Waals surface area contributed by atoms with Gasteiger partial charge in [0.2, 0.25) is 5.91 Å². The molecule has 0 aromatic carbocycles. The number of hydrogen-bond donors (Lipinski definition) is 1. The van der Waals surface area contributed by atoms with Gasteiger partial charge >= 0.3 is 12.2 Å². The number of hydrogen-bond acceptors (Lipinski definition) is 6. The molecule has 0 saturated heterocycles. The number of carbonyl (C=O) groups excluding carboxylic acids is 3. The third kappa shape index (κ3) is 14.0. The van der Waals surface area contributed by atoms with Gasteiger partial charge in [0.15, 0.2) is 0 Å². The molecule has 27 heavy (non-hydrogen) atoms. The number of nitrogens with one attached hydrogen (secondary N) is 1. The fourth-order valence-corrected chi connectivity index (χ4v) is 1.86. The molecule has 0 saturated carbocycles. The molecule has 8 heteroatoms. The Morgan fingerprint density at radius 1 is 0.852 bits per heavy atom. The quantitative estimate of drug-likeness (QED) is 0.470. The topological polar surface area (TPSA) is 94.2 Å². The molecule has 0 aliphatic carbocycles. The summed E-state index contributed by atoms with van der Waals surface area (Å²) in [5.41, 5.74) is -1.54. The Bertz CT molecular complexity index is 452. The van der Waals surface area contributed by atoms with E-state index >= 15 is 0 Å². The fourth-order valence-electron chi connectivity index (χ4n) is 1.86. The molecule has 0 fully saturated rings. The summed E-state index contributed by atoms with van der Waals surface area (Å²) in [6.07, 6.45) is 1.54. The molecule has 158 valence electrons. The van der Waals surface area contributed by atoms with Crippen molar-refractivity contribution in [2.24, 2.45) is 0 Å². The Morgan fingerprint density at radius 2 is 1.37 bits per heavy atom. The van der Waals surface area contributed by atoms with Crippen LogP contribution >= 0.6 is 0 Å². The zero-order valence-corrected chi connectivity index (χ0v) is 17.8. The van der Waals surface area contributed by atoms with Gasteiger partial charge in [-0.05, 0) is 60.8 Å². The molecule has 0 aliphatic heterocycles. The van der Waals surface area contributed by atoms with Crippen LogP contribution in [0.1, 0.15) is 80.6 Å². The molecule has 0 aromatic rings. The lowest BCUT2D eigenvalue weighted by Gasteiger charge is -2.27. The van der Waals surface area contributed by atoms with Crippen LogP contribution in [0.3, 0.4) is 0 Å². The summed E-state index contributed by atoms with van der Waals surface area (Å²) >= 11 is 0. The maximum Gasteiger partial charge on any atom is 0.444 e. The van der Waals surface area contributed by atoms with Gasteiger partial charge < -0.3 is 14.8 Å². The molecule has 8 nitrogen and oxygen atoms in total. The number of nitrogens with zero attached hydrogens (tertiary/aromatic N) is 1. The minimum Gasteiger partial charge on any atom is -0.442 e. The van der Waals surface area contributed by atoms with Crippen LogP contribution in [0.4, 0.5) is 9.59 Å². The Balaban J connectivity index is 4.45. The summed E-state index contributed by atoms with van der Waals surface area (Å²) in [5, 5.41) is 3.33. The largest absolute Gasteiger partial charge is 0.444 e. The van der Waals surface area contributed by atoms with Crippen molar-refractivity contribution >= 4 is 18.1 Å². The van der Waals surface area contributed by atoms with Crippen molar-refractivity contribution in [3.63, 3.8) is 0 Å². The van der Waals surface area contributed by atoms with Crippen LogP contribution in [0.25, 0.3) is 0 Å². The first-order valence-electron chi connectivity index (χ1n) is 9.51. The first kappa shape index (κ1) is 25.2. The number of amides is 3. The molecule has 1 N–H and O–H groups in total. The van der Waals surface area contributed by atoms with Crippen molar-refractivity contribution in [3.05, 3.63) is 0 Å². The Labute approximate surface area is 162 Å². The SMILES string of the molecule is CCCNC(=O)CCCCCON(C(=O)OC(C)(C)C)C(=O)OC(C)(C)C. The normalized spacial score (nSPS) is 11.7. The third-order valence-electron chi connectivity index (χ3n) is 2.96. The predicted molar refractivity (Wildman–Crippen MR) is 102 cm³/mol. The number of ether oxygens (including phenoxy) is 2. The molecule has 0 aromatic heterocycles. The van der Waals surface area contributed by atoms with Crippen molar-refractivity contribution in [1.82, 2.24) is 10.4 Å². The molecule has 0 aliphatic rings. The van der Waals surface area contributed by atoms with Gasteiger partial charge in [0.05, 0.1) is 6.61 Å². The molecule has 0 atom stereocenters. The lowest BCUT2D eigenvalue weighted by atomic mass is 10.2. The zero-order valence-electron chi connectivity index (χ0n) is 17.8. The molecule has 0 rings (SSSR count). The fraction of sp³-hybridized carbons (Fsp3) is 0.842. The maximum absolute atomic E-state index is 12.2. The van der Waals surface area contributed by atoms with E-state index < -0.39 is 23.4 Å². The molecule has 3 amide bonds. The number of carbonyl (C=O) groups is 3. The minimum atomic E-state index is -0.921. The first-order chi connectivity index (χ1) is 12.4. The summed E-state index contributed by atoms with van der Waals surface area (Å²) in [5.74, 6) is 0.0295. The van der Waals surface area contributed by atoms with Crippen LogP contribution in [-0.4, -0.2) is 47.5 Å². The highest BCUT2D eigenvalue weighted by Gasteiger charge is 2.32. The van der Waals surface area contributed by atoms with Gasteiger partial charge in [-0.25, -0.2) is 9.59 Å². The number of rotatable bonds is 9. The van der Waals surface area contributed by atoms with Gasteiger partial charge in [-0.2, -0.15) is 0 Å². The van der Waals surface area contributed by atoms with Crippen LogP contribution in [0.2, 0.25) is 0 Å². The van der Waals surface area contributed by atoms with Crippen LogP contribution in [0, 0.1) is 0 Å². The Morgan fingerprint density at radius 3 is 1.81 bits per heavy atom. The number of unbranched alkanes of at least 4 members (excludes halogenated alkanes) is 2. The molecule has 0 radical (unpaired) electrons. The van der Waals surface area contributed by atoms with Gasteiger partial charge in [-0.1, -0.05) is 18.4 Å². The smallest absolute Gasteiger partial charge is 0.442 e. The average molecular weight is 389 g/mol. The van der Waals surface area contributed by atoms with Crippen molar-refractivity contribution in [2.45, 2.75) is 91.8 Å². The predicted octanol–water partition coefficient (Wildman–Crippen LogP) is 4.18. The highest BCUT2D eigenvalue weighted by Crippen LogP contribution is 2.15. The average Bonchev–Trinajstić information content (AvgIpc) is 2.48. The van der Waals surface area contributed by atoms with E-state index in [2.05, 4.69) is 5.32 Å². The minimum absolute atomic E-state index is 0.0295. The second-order valence-electron chi connectivity index (χ2n) is 8.25. The zero-order chi connectivity index (χ0) is 21.1. The van der Waals surface area contributed by atoms with Crippen molar-refractivity contribution in [2.75, 3.05) is 13.2 Å². The number of hydroxylamine groups is 2. The van der Waals surface area contributed by atoms with Crippen molar-refractivity contribution < 1.29 is 28.7 Å². The van der Waals surface area contributed by atoms with Crippen LogP contribution < -0.4 is 5.32 Å². The van der Waals surface area contributed by atoms with E-state index in [9.17, 15) is 14.4 Å². The molecule has 0 unspecified atom stereocenters. The molecular formula is C19H36N2O6. The van der Waals surface area contributed by atoms with E-state index in [0.29, 0.717) is 30.9 Å².